The summed E-state index contributed by atoms with van der Waals surface area (Å²) in [6.45, 7) is 0. The van der Waals surface area contributed by atoms with Crippen LogP contribution in [-0.4, -0.2) is 20.5 Å². The van der Waals surface area contributed by atoms with Gasteiger partial charge >= 0.3 is 6.18 Å². The van der Waals surface area contributed by atoms with E-state index >= 15 is 0 Å². The highest BCUT2D eigenvalue weighted by molar-refractivity contribution is 6.17. The van der Waals surface area contributed by atoms with Gasteiger partial charge in [0.25, 0.3) is 5.82 Å². The fourth-order valence-corrected chi connectivity index (χ4v) is 1.56. The summed E-state index contributed by atoms with van der Waals surface area (Å²) in [7, 11) is 0. The number of aryl methyl sites for hydroxylation is 1. The van der Waals surface area contributed by atoms with E-state index in [1.807, 2.05) is 0 Å². The number of fused-ring (bicyclic) bond motifs is 1. The van der Waals surface area contributed by atoms with Gasteiger partial charge in [-0.25, -0.2) is 9.50 Å². The van der Waals surface area contributed by atoms with Crippen molar-refractivity contribution in [1.29, 1.82) is 0 Å². The molecule has 0 aromatic carbocycles. The quantitative estimate of drug-likeness (QED) is 0.766. The van der Waals surface area contributed by atoms with E-state index in [4.69, 9.17) is 11.6 Å². The molecule has 0 bridgehead atoms. The molecule has 0 aliphatic heterocycles. The first-order chi connectivity index (χ1) is 7.52. The van der Waals surface area contributed by atoms with Gasteiger partial charge in [0.05, 0.1) is 0 Å². The third-order valence-corrected chi connectivity index (χ3v) is 2.23. The second-order valence-corrected chi connectivity index (χ2v) is 3.54. The van der Waals surface area contributed by atoms with E-state index in [2.05, 4.69) is 10.1 Å². The molecule has 2 aromatic rings. The molecule has 0 aliphatic rings. The van der Waals surface area contributed by atoms with Crippen molar-refractivity contribution >= 4 is 17.2 Å². The summed E-state index contributed by atoms with van der Waals surface area (Å²) in [5.74, 6) is -0.810. The first-order valence-corrected chi connectivity index (χ1v) is 5.03. The first-order valence-electron chi connectivity index (χ1n) is 4.50. The normalized spacial score (nSPS) is 12.2. The van der Waals surface area contributed by atoms with Crippen LogP contribution in [0.25, 0.3) is 5.65 Å². The van der Waals surface area contributed by atoms with Crippen molar-refractivity contribution in [1.82, 2.24) is 14.6 Å². The average Bonchev–Trinajstić information content (AvgIpc) is 2.62. The van der Waals surface area contributed by atoms with Gasteiger partial charge in [-0.3, -0.25) is 0 Å². The highest BCUT2D eigenvalue weighted by atomic mass is 35.5. The maximum absolute atomic E-state index is 12.4. The molecule has 0 aliphatic carbocycles. The van der Waals surface area contributed by atoms with Crippen LogP contribution in [0.4, 0.5) is 13.2 Å². The molecule has 0 fully saturated rings. The van der Waals surface area contributed by atoms with E-state index < -0.39 is 12.0 Å². The Bertz CT molecular complexity index is 506. The molecule has 16 heavy (non-hydrogen) atoms. The SMILES string of the molecule is FC(F)(F)c1nc2cccc(CCCl)n2n1. The lowest BCUT2D eigenvalue weighted by Gasteiger charge is -2.00. The van der Waals surface area contributed by atoms with Crippen molar-refractivity contribution < 1.29 is 13.2 Å². The summed E-state index contributed by atoms with van der Waals surface area (Å²) in [5, 5.41) is 3.42. The fraction of sp³-hybridized carbons (Fsp3) is 0.333. The maximum atomic E-state index is 12.4. The van der Waals surface area contributed by atoms with Crippen LogP contribution >= 0.6 is 11.6 Å². The summed E-state index contributed by atoms with van der Waals surface area (Å²) in [5.41, 5.74) is 0.783. The monoisotopic (exact) mass is 249 g/mol. The maximum Gasteiger partial charge on any atom is 0.453 e. The smallest absolute Gasteiger partial charge is 0.217 e. The highest BCUT2D eigenvalue weighted by Crippen LogP contribution is 2.26. The van der Waals surface area contributed by atoms with Gasteiger partial charge in [-0.05, 0) is 12.1 Å². The molecule has 0 atom stereocenters. The molecule has 0 radical (unpaired) electrons. The van der Waals surface area contributed by atoms with Gasteiger partial charge in [0, 0.05) is 18.0 Å². The van der Waals surface area contributed by atoms with Crippen molar-refractivity contribution in [3.63, 3.8) is 0 Å². The minimum absolute atomic E-state index is 0.176. The molecule has 3 nitrogen and oxygen atoms in total. The fourth-order valence-electron chi connectivity index (χ4n) is 1.37. The van der Waals surface area contributed by atoms with Crippen LogP contribution < -0.4 is 0 Å². The van der Waals surface area contributed by atoms with Crippen molar-refractivity contribution in [2.75, 3.05) is 5.88 Å². The van der Waals surface area contributed by atoms with Gasteiger partial charge in [-0.2, -0.15) is 13.2 Å². The number of hydrogen-bond acceptors (Lipinski definition) is 2. The van der Waals surface area contributed by atoms with E-state index in [-0.39, 0.29) is 5.65 Å². The summed E-state index contributed by atoms with van der Waals surface area (Å²) in [4.78, 5) is 3.41. The van der Waals surface area contributed by atoms with Crippen molar-refractivity contribution in [2.45, 2.75) is 12.6 Å². The lowest BCUT2D eigenvalue weighted by Crippen LogP contribution is -2.08. The second-order valence-electron chi connectivity index (χ2n) is 3.16. The Hall–Kier alpha value is -1.30. The highest BCUT2D eigenvalue weighted by Gasteiger charge is 2.36. The third-order valence-electron chi connectivity index (χ3n) is 2.04. The molecule has 2 rings (SSSR count). The molecule has 2 aromatic heterocycles. The molecule has 2 heterocycles. The van der Waals surface area contributed by atoms with Gasteiger partial charge in [-0.1, -0.05) is 6.07 Å². The van der Waals surface area contributed by atoms with E-state index in [9.17, 15) is 13.2 Å². The molecule has 86 valence electrons. The van der Waals surface area contributed by atoms with E-state index in [1.54, 1.807) is 12.1 Å². The van der Waals surface area contributed by atoms with E-state index in [0.29, 0.717) is 18.0 Å². The number of halogens is 4. The van der Waals surface area contributed by atoms with Gasteiger partial charge in [0.1, 0.15) is 0 Å². The van der Waals surface area contributed by atoms with Crippen molar-refractivity contribution in [3.05, 3.63) is 29.7 Å². The molecule has 0 amide bonds. The third kappa shape index (κ3) is 1.97. The Kier molecular flexibility index (Phi) is 2.75. The van der Waals surface area contributed by atoms with Crippen molar-refractivity contribution in [2.24, 2.45) is 0 Å². The zero-order chi connectivity index (χ0) is 11.8. The van der Waals surface area contributed by atoms with Gasteiger partial charge < -0.3 is 0 Å². The Labute approximate surface area is 93.9 Å². The summed E-state index contributed by atoms with van der Waals surface area (Å²) in [6.07, 6.45) is -4.08. The Morgan fingerprint density at radius 1 is 1.31 bits per heavy atom. The first kappa shape index (κ1) is 11.2. The van der Waals surface area contributed by atoms with Crippen LogP contribution in [-0.2, 0) is 12.6 Å². The lowest BCUT2D eigenvalue weighted by molar-refractivity contribution is -0.144. The topological polar surface area (TPSA) is 30.2 Å². The molecule has 0 saturated carbocycles. The predicted molar refractivity (Wildman–Crippen MR) is 52.4 cm³/mol. The second kappa shape index (κ2) is 3.93. The van der Waals surface area contributed by atoms with Gasteiger partial charge in [-0.15, -0.1) is 16.7 Å². The minimum atomic E-state index is -4.52. The lowest BCUT2D eigenvalue weighted by atomic mass is 10.3. The number of hydrogen-bond donors (Lipinski definition) is 0. The van der Waals surface area contributed by atoms with Gasteiger partial charge in [0.2, 0.25) is 0 Å². The minimum Gasteiger partial charge on any atom is -0.217 e. The van der Waals surface area contributed by atoms with E-state index in [1.165, 1.54) is 10.6 Å². The molecule has 0 spiro atoms. The summed E-state index contributed by atoms with van der Waals surface area (Å²) < 4.78 is 38.3. The van der Waals surface area contributed by atoms with Crippen LogP contribution in [0.5, 0.6) is 0 Å². The molecule has 0 unspecified atom stereocenters. The number of pyridine rings is 1. The van der Waals surface area contributed by atoms with Crippen LogP contribution in [0.15, 0.2) is 18.2 Å². The van der Waals surface area contributed by atoms with Crippen LogP contribution in [0.3, 0.4) is 0 Å². The predicted octanol–water partition coefficient (Wildman–Crippen LogP) is 2.53. The molecule has 0 N–H and O–H groups in total. The number of alkyl halides is 4. The average molecular weight is 250 g/mol. The Morgan fingerprint density at radius 3 is 2.69 bits per heavy atom. The number of aromatic nitrogens is 3. The Balaban J connectivity index is 2.57. The van der Waals surface area contributed by atoms with Crippen molar-refractivity contribution in [3.8, 4) is 0 Å². The number of nitrogens with zero attached hydrogens (tertiary/aromatic N) is 3. The Morgan fingerprint density at radius 2 is 2.06 bits per heavy atom. The molecular formula is C9H7ClF3N3. The largest absolute Gasteiger partial charge is 0.453 e. The summed E-state index contributed by atoms with van der Waals surface area (Å²) >= 11 is 5.55. The van der Waals surface area contributed by atoms with Gasteiger partial charge in [0.15, 0.2) is 5.65 Å². The zero-order valence-corrected chi connectivity index (χ0v) is 8.76. The van der Waals surface area contributed by atoms with Crippen LogP contribution in [0, 0.1) is 0 Å². The van der Waals surface area contributed by atoms with Crippen LogP contribution in [0.2, 0.25) is 0 Å². The van der Waals surface area contributed by atoms with E-state index in [0.717, 1.165) is 0 Å². The molecular weight excluding hydrogens is 243 g/mol. The number of rotatable bonds is 2. The standard InChI is InChI=1S/C9H7ClF3N3/c10-5-4-6-2-1-3-7-14-8(9(11,12)13)15-16(6)7/h1-3H,4-5H2. The zero-order valence-electron chi connectivity index (χ0n) is 8.00. The summed E-state index contributed by atoms with van der Waals surface area (Å²) in [6, 6.07) is 4.77. The molecule has 7 heteroatoms. The molecule has 0 saturated heterocycles. The van der Waals surface area contributed by atoms with Crippen LogP contribution in [0.1, 0.15) is 11.5 Å².